The molecule has 0 aliphatic carbocycles. The normalized spacial score (nSPS) is 13.6. The van der Waals surface area contributed by atoms with Crippen molar-refractivity contribution in [3.63, 3.8) is 0 Å². The Bertz CT molecular complexity index is 445. The fraction of sp³-hybridized carbons (Fsp3) is 0.647. The van der Waals surface area contributed by atoms with Crippen molar-refractivity contribution in [3.8, 4) is 5.75 Å². The first-order valence-electron chi connectivity index (χ1n) is 7.40. The van der Waals surface area contributed by atoms with Crippen LogP contribution in [-0.2, 0) is 9.84 Å². The van der Waals surface area contributed by atoms with E-state index in [4.69, 9.17) is 4.43 Å². The molecule has 0 bridgehead atoms. The molecule has 2 nitrogen and oxygen atoms in total. The average molecular weight is 295 g/mol. The zero-order chi connectivity index (χ0) is 15.6. The minimum atomic E-state index is -1.68. The number of hydrogen-bond donors (Lipinski definition) is 1. The summed E-state index contributed by atoms with van der Waals surface area (Å²) in [5.41, 5.74) is 0.923. The van der Waals surface area contributed by atoms with E-state index in [1.165, 1.54) is 0 Å². The second-order valence-electron chi connectivity index (χ2n) is 7.76. The van der Waals surface area contributed by atoms with Gasteiger partial charge in [0.1, 0.15) is 5.75 Å². The summed E-state index contributed by atoms with van der Waals surface area (Å²) in [5.74, 6) is 0.379. The SMILES string of the molecule is CC(C)(CCO[Si](C)(C)C(C)(C)C)c1ccccc1O. The van der Waals surface area contributed by atoms with E-state index >= 15 is 0 Å². The minimum absolute atomic E-state index is 0.0757. The van der Waals surface area contributed by atoms with Gasteiger partial charge in [0.25, 0.3) is 0 Å². The van der Waals surface area contributed by atoms with Crippen molar-refractivity contribution >= 4 is 8.32 Å². The van der Waals surface area contributed by atoms with Crippen LogP contribution < -0.4 is 0 Å². The van der Waals surface area contributed by atoms with Crippen LogP contribution in [0.2, 0.25) is 18.1 Å². The molecule has 0 atom stereocenters. The number of para-hydroxylation sites is 1. The third-order valence-electron chi connectivity index (χ3n) is 4.63. The van der Waals surface area contributed by atoms with Crippen molar-refractivity contribution < 1.29 is 9.53 Å². The number of rotatable bonds is 5. The summed E-state index contributed by atoms with van der Waals surface area (Å²) in [6, 6.07) is 7.60. The quantitative estimate of drug-likeness (QED) is 0.767. The van der Waals surface area contributed by atoms with E-state index in [9.17, 15) is 5.11 Å². The van der Waals surface area contributed by atoms with Crippen molar-refractivity contribution in [1.82, 2.24) is 0 Å². The van der Waals surface area contributed by atoms with E-state index in [1.54, 1.807) is 6.07 Å². The first-order chi connectivity index (χ1) is 8.97. The summed E-state index contributed by atoms with van der Waals surface area (Å²) < 4.78 is 6.25. The molecule has 0 aliphatic rings. The number of benzene rings is 1. The lowest BCUT2D eigenvalue weighted by Gasteiger charge is -2.37. The van der Waals surface area contributed by atoms with Crippen LogP contribution in [0.25, 0.3) is 0 Å². The molecule has 0 spiro atoms. The predicted molar refractivity (Wildman–Crippen MR) is 88.9 cm³/mol. The maximum atomic E-state index is 10.0. The molecule has 1 rings (SSSR count). The Labute approximate surface area is 125 Å². The predicted octanol–water partition coefficient (Wildman–Crippen LogP) is 5.08. The Balaban J connectivity index is 2.68. The van der Waals surface area contributed by atoms with Crippen LogP contribution in [-0.4, -0.2) is 20.0 Å². The lowest BCUT2D eigenvalue weighted by molar-refractivity contribution is 0.249. The van der Waals surface area contributed by atoms with Crippen LogP contribution in [0, 0.1) is 0 Å². The highest BCUT2D eigenvalue weighted by molar-refractivity contribution is 6.74. The van der Waals surface area contributed by atoms with Gasteiger partial charge in [0.2, 0.25) is 0 Å². The van der Waals surface area contributed by atoms with Crippen molar-refractivity contribution in [2.24, 2.45) is 0 Å². The number of phenols is 1. The van der Waals surface area contributed by atoms with Gasteiger partial charge in [-0.05, 0) is 41.6 Å². The largest absolute Gasteiger partial charge is 0.508 e. The van der Waals surface area contributed by atoms with Gasteiger partial charge in [-0.2, -0.15) is 0 Å². The fourth-order valence-corrected chi connectivity index (χ4v) is 3.00. The average Bonchev–Trinajstić information content (AvgIpc) is 2.27. The zero-order valence-electron chi connectivity index (χ0n) is 14.1. The van der Waals surface area contributed by atoms with Crippen molar-refractivity contribution in [1.29, 1.82) is 0 Å². The van der Waals surface area contributed by atoms with E-state index in [2.05, 4.69) is 47.7 Å². The standard InChI is InChI=1S/C17H30O2Si/c1-16(2,3)20(6,7)19-13-12-17(4,5)14-10-8-9-11-15(14)18/h8-11,18H,12-13H2,1-7H3. The van der Waals surface area contributed by atoms with Crippen LogP contribution in [0.3, 0.4) is 0 Å². The molecule has 0 aromatic heterocycles. The Morgan fingerprint density at radius 1 is 1.05 bits per heavy atom. The maximum Gasteiger partial charge on any atom is 0.191 e. The summed E-state index contributed by atoms with van der Waals surface area (Å²) in [4.78, 5) is 0. The lowest BCUT2D eigenvalue weighted by Crippen LogP contribution is -2.41. The van der Waals surface area contributed by atoms with Crippen LogP contribution in [0.1, 0.15) is 46.6 Å². The molecule has 0 saturated carbocycles. The molecule has 0 unspecified atom stereocenters. The third kappa shape index (κ3) is 4.09. The van der Waals surface area contributed by atoms with Gasteiger partial charge >= 0.3 is 0 Å². The lowest BCUT2D eigenvalue weighted by atomic mass is 9.81. The van der Waals surface area contributed by atoms with Crippen molar-refractivity contribution in [2.45, 2.75) is 64.6 Å². The smallest absolute Gasteiger partial charge is 0.191 e. The second-order valence-corrected chi connectivity index (χ2v) is 12.6. The molecule has 20 heavy (non-hydrogen) atoms. The second kappa shape index (κ2) is 5.90. The molecule has 0 fully saturated rings. The van der Waals surface area contributed by atoms with Crippen molar-refractivity contribution in [2.75, 3.05) is 6.61 Å². The van der Waals surface area contributed by atoms with E-state index in [0.29, 0.717) is 5.75 Å². The topological polar surface area (TPSA) is 29.5 Å². The summed E-state index contributed by atoms with van der Waals surface area (Å²) >= 11 is 0. The molecule has 3 heteroatoms. The van der Waals surface area contributed by atoms with Gasteiger partial charge in [-0.25, -0.2) is 0 Å². The Kier molecular flexibility index (Phi) is 5.09. The van der Waals surface area contributed by atoms with Crippen LogP contribution in [0.15, 0.2) is 24.3 Å². The molecule has 1 aromatic rings. The molecule has 1 N–H and O–H groups in total. The third-order valence-corrected chi connectivity index (χ3v) is 9.17. The minimum Gasteiger partial charge on any atom is -0.508 e. The first-order valence-corrected chi connectivity index (χ1v) is 10.3. The molecule has 114 valence electrons. The molecular weight excluding hydrogens is 264 g/mol. The summed E-state index contributed by atoms with van der Waals surface area (Å²) in [5, 5.41) is 10.2. The molecule has 0 heterocycles. The van der Waals surface area contributed by atoms with Gasteiger partial charge in [-0.3, -0.25) is 0 Å². The van der Waals surface area contributed by atoms with E-state index in [1.807, 2.05) is 18.2 Å². The number of phenolic OH excluding ortho intramolecular Hbond substituents is 1. The van der Waals surface area contributed by atoms with Gasteiger partial charge in [-0.1, -0.05) is 52.8 Å². The van der Waals surface area contributed by atoms with Crippen molar-refractivity contribution in [3.05, 3.63) is 29.8 Å². The molecular formula is C17H30O2Si. The van der Waals surface area contributed by atoms with Gasteiger partial charge in [0.15, 0.2) is 8.32 Å². The summed E-state index contributed by atoms with van der Waals surface area (Å²) in [7, 11) is -1.68. The highest BCUT2D eigenvalue weighted by Crippen LogP contribution is 2.38. The van der Waals surface area contributed by atoms with Gasteiger partial charge in [-0.15, -0.1) is 0 Å². The Morgan fingerprint density at radius 3 is 2.10 bits per heavy atom. The van der Waals surface area contributed by atoms with Crippen LogP contribution >= 0.6 is 0 Å². The van der Waals surface area contributed by atoms with Crippen LogP contribution in [0.5, 0.6) is 5.75 Å². The summed E-state index contributed by atoms with van der Waals surface area (Å²) in [6.45, 7) is 16.4. The highest BCUT2D eigenvalue weighted by atomic mass is 28.4. The maximum absolute atomic E-state index is 10.0. The van der Waals surface area contributed by atoms with E-state index in [-0.39, 0.29) is 10.5 Å². The van der Waals surface area contributed by atoms with Gasteiger partial charge in [0, 0.05) is 6.61 Å². The Hall–Kier alpha value is -0.803. The molecule has 0 amide bonds. The van der Waals surface area contributed by atoms with Crippen LogP contribution in [0.4, 0.5) is 0 Å². The molecule has 0 aliphatic heterocycles. The van der Waals surface area contributed by atoms with E-state index in [0.717, 1.165) is 18.6 Å². The molecule has 1 aromatic carbocycles. The Morgan fingerprint density at radius 2 is 1.60 bits per heavy atom. The highest BCUT2D eigenvalue weighted by Gasteiger charge is 2.37. The fourth-order valence-electron chi connectivity index (χ4n) is 1.96. The van der Waals surface area contributed by atoms with Gasteiger partial charge in [0.05, 0.1) is 0 Å². The zero-order valence-corrected chi connectivity index (χ0v) is 15.1. The van der Waals surface area contributed by atoms with Gasteiger partial charge < -0.3 is 9.53 Å². The summed E-state index contributed by atoms with van der Waals surface area (Å²) in [6.07, 6.45) is 0.914. The number of hydrogen-bond acceptors (Lipinski definition) is 2. The molecule has 0 saturated heterocycles. The van der Waals surface area contributed by atoms with E-state index < -0.39 is 8.32 Å². The monoisotopic (exact) mass is 294 g/mol. The number of aromatic hydroxyl groups is 1. The first kappa shape index (κ1) is 17.2. The molecule has 0 radical (unpaired) electrons.